The zero-order valence-electron chi connectivity index (χ0n) is 18.7. The highest BCUT2D eigenvalue weighted by Gasteiger charge is 2.52. The molecule has 0 fully saturated rings. The van der Waals surface area contributed by atoms with Gasteiger partial charge in [-0.25, -0.2) is 0 Å². The molecule has 0 aliphatic carbocycles. The fourth-order valence-corrected chi connectivity index (χ4v) is 12.9. The third-order valence-electron chi connectivity index (χ3n) is 7.23. The normalized spacial score (nSPS) is 15.5. The molecule has 0 aromatic carbocycles. The van der Waals surface area contributed by atoms with Gasteiger partial charge in [-0.2, -0.15) is 0 Å². The molecule has 5 heteroatoms. The van der Waals surface area contributed by atoms with E-state index >= 15 is 0 Å². The molecule has 0 heterocycles. The number of carbonyl (C=O) groups is 2. The molecule has 0 saturated carbocycles. The average Bonchev–Trinajstić information content (AvgIpc) is 2.59. The number of unbranched alkanes of at least 4 members (excludes halogenated alkanes) is 2. The number of aldehydes is 2. The lowest BCUT2D eigenvalue weighted by Gasteiger charge is -2.53. The van der Waals surface area contributed by atoms with Gasteiger partial charge in [-0.3, -0.25) is 0 Å². The quantitative estimate of drug-likeness (QED) is 0.178. The lowest BCUT2D eigenvalue weighted by atomic mass is 10.0. The maximum Gasteiger partial charge on any atom is 0.192 e. The fourth-order valence-electron chi connectivity index (χ4n) is 4.44. The second-order valence-electron chi connectivity index (χ2n) is 9.23. The van der Waals surface area contributed by atoms with Crippen LogP contribution in [0, 0.1) is 0 Å². The first-order valence-electron chi connectivity index (χ1n) is 10.6. The minimum Gasteiger partial charge on any atom is -0.414 e. The van der Waals surface area contributed by atoms with Crippen molar-refractivity contribution in [3.05, 3.63) is 0 Å². The summed E-state index contributed by atoms with van der Waals surface area (Å²) >= 11 is 0. The van der Waals surface area contributed by atoms with Crippen molar-refractivity contribution in [3.63, 3.8) is 0 Å². The number of rotatable bonds is 15. The summed E-state index contributed by atoms with van der Waals surface area (Å²) in [5.41, 5.74) is 0. The largest absolute Gasteiger partial charge is 0.414 e. The first-order valence-corrected chi connectivity index (χ1v) is 16.7. The van der Waals surface area contributed by atoms with Crippen molar-refractivity contribution in [2.75, 3.05) is 0 Å². The molecule has 0 rings (SSSR count). The molecule has 0 bridgehead atoms. The maximum absolute atomic E-state index is 10.8. The van der Waals surface area contributed by atoms with Gasteiger partial charge in [0.05, 0.1) is 8.07 Å². The molecule has 0 aromatic heterocycles. The monoisotopic (exact) mass is 400 g/mol. The molecule has 1 unspecified atom stereocenters. The molecule has 0 aliphatic heterocycles. The van der Waals surface area contributed by atoms with Crippen LogP contribution in [0.25, 0.3) is 0 Å². The van der Waals surface area contributed by atoms with E-state index in [4.69, 9.17) is 4.43 Å². The molecule has 0 aromatic rings. The molecule has 0 amide bonds. The van der Waals surface area contributed by atoms with Crippen LogP contribution >= 0.6 is 0 Å². The van der Waals surface area contributed by atoms with Gasteiger partial charge in [-0.1, -0.05) is 53.3 Å². The summed E-state index contributed by atoms with van der Waals surface area (Å²) in [6.07, 6.45) is 9.61. The molecular formula is C21H44O3Si2. The van der Waals surface area contributed by atoms with E-state index in [-0.39, 0.29) is 10.3 Å². The van der Waals surface area contributed by atoms with E-state index in [0.29, 0.717) is 12.8 Å². The summed E-state index contributed by atoms with van der Waals surface area (Å²) < 4.78 is 7.23. The predicted octanol–water partition coefficient (Wildman–Crippen LogP) is 6.53. The van der Waals surface area contributed by atoms with E-state index in [1.54, 1.807) is 0 Å². The standard InChI is InChI=1S/C21H44O3Si2/c1-9-20(4,16-12-13-17-22)26(7,8)24-21(10-2,11-3)25(5,6)19-15-14-18-23/h17-18H,9-16,19H2,1-8H3. The van der Waals surface area contributed by atoms with Crippen molar-refractivity contribution in [1.29, 1.82) is 0 Å². The third-order valence-corrected chi connectivity index (χ3v) is 16.7. The summed E-state index contributed by atoms with van der Waals surface area (Å²) in [6.45, 7) is 18.9. The van der Waals surface area contributed by atoms with Gasteiger partial charge in [0.15, 0.2) is 8.32 Å². The number of carbonyl (C=O) groups excluding carboxylic acids is 2. The molecule has 0 aliphatic rings. The second-order valence-corrected chi connectivity index (χ2v) is 18.8. The fraction of sp³-hybridized carbons (Fsp3) is 0.905. The zero-order chi connectivity index (χ0) is 20.5. The summed E-state index contributed by atoms with van der Waals surface area (Å²) in [6, 6.07) is 1.14. The van der Waals surface area contributed by atoms with Gasteiger partial charge in [-0.15, -0.1) is 0 Å². The minimum absolute atomic E-state index is 0.0211. The van der Waals surface area contributed by atoms with E-state index in [1.807, 2.05) is 0 Å². The van der Waals surface area contributed by atoms with Crippen LogP contribution in [-0.2, 0) is 14.0 Å². The maximum atomic E-state index is 10.8. The van der Waals surface area contributed by atoms with Gasteiger partial charge in [0.2, 0.25) is 0 Å². The molecule has 154 valence electrons. The van der Waals surface area contributed by atoms with E-state index in [2.05, 4.69) is 53.9 Å². The molecule has 0 radical (unpaired) electrons. The predicted molar refractivity (Wildman–Crippen MR) is 118 cm³/mol. The Morgan fingerprint density at radius 3 is 1.77 bits per heavy atom. The summed E-state index contributed by atoms with van der Waals surface area (Å²) in [7, 11) is -3.65. The first-order chi connectivity index (χ1) is 12.0. The minimum atomic E-state index is -1.99. The van der Waals surface area contributed by atoms with Gasteiger partial charge in [0, 0.05) is 18.1 Å². The Kier molecular flexibility index (Phi) is 10.8. The molecule has 0 spiro atoms. The van der Waals surface area contributed by atoms with Crippen molar-refractivity contribution in [1.82, 2.24) is 0 Å². The van der Waals surface area contributed by atoms with Crippen molar-refractivity contribution in [2.45, 2.75) is 122 Å². The Bertz CT molecular complexity index is 431. The summed E-state index contributed by atoms with van der Waals surface area (Å²) in [5.74, 6) is 0. The van der Waals surface area contributed by atoms with Crippen molar-refractivity contribution in [3.8, 4) is 0 Å². The van der Waals surface area contributed by atoms with Gasteiger partial charge < -0.3 is 14.0 Å². The van der Waals surface area contributed by atoms with Gasteiger partial charge in [0.1, 0.15) is 12.6 Å². The number of hydrogen-bond donors (Lipinski definition) is 0. The lowest BCUT2D eigenvalue weighted by molar-refractivity contribution is -0.108. The molecule has 3 nitrogen and oxygen atoms in total. The first kappa shape index (κ1) is 25.7. The third kappa shape index (κ3) is 6.13. The highest BCUT2D eigenvalue weighted by atomic mass is 28.4. The Labute approximate surface area is 164 Å². The van der Waals surface area contributed by atoms with E-state index in [0.717, 1.165) is 57.1 Å². The van der Waals surface area contributed by atoms with Gasteiger partial charge in [0.25, 0.3) is 0 Å². The second kappa shape index (κ2) is 10.9. The van der Waals surface area contributed by atoms with Gasteiger partial charge in [-0.05, 0) is 50.2 Å². The van der Waals surface area contributed by atoms with Crippen molar-refractivity contribution >= 4 is 29.0 Å². The van der Waals surface area contributed by atoms with Gasteiger partial charge >= 0.3 is 0 Å². The Morgan fingerprint density at radius 2 is 1.35 bits per heavy atom. The average molecular weight is 401 g/mol. The van der Waals surface area contributed by atoms with Crippen LogP contribution in [-0.4, -0.2) is 34.2 Å². The topological polar surface area (TPSA) is 43.4 Å². The van der Waals surface area contributed by atoms with Crippen LogP contribution in [0.1, 0.15) is 79.1 Å². The van der Waals surface area contributed by atoms with Crippen LogP contribution in [0.3, 0.4) is 0 Å². The van der Waals surface area contributed by atoms with E-state index < -0.39 is 16.4 Å². The van der Waals surface area contributed by atoms with E-state index in [9.17, 15) is 9.59 Å². The zero-order valence-corrected chi connectivity index (χ0v) is 20.7. The number of hydrogen-bond acceptors (Lipinski definition) is 3. The summed E-state index contributed by atoms with van der Waals surface area (Å²) in [5, 5.41) is 0.158. The lowest BCUT2D eigenvalue weighted by Crippen LogP contribution is -2.62. The van der Waals surface area contributed by atoms with Crippen LogP contribution in [0.2, 0.25) is 37.3 Å². The Hall–Kier alpha value is -0.266. The van der Waals surface area contributed by atoms with Crippen LogP contribution in [0.5, 0.6) is 0 Å². The molecular weight excluding hydrogens is 356 g/mol. The van der Waals surface area contributed by atoms with E-state index in [1.165, 1.54) is 0 Å². The SMILES string of the molecule is CCC(CC)(O[Si](C)(C)C(C)(CC)CCCC=O)[Si](C)(C)CCCC=O. The molecule has 0 N–H and O–H groups in total. The Morgan fingerprint density at radius 1 is 0.846 bits per heavy atom. The molecule has 26 heavy (non-hydrogen) atoms. The van der Waals surface area contributed by atoms with Crippen LogP contribution in [0.4, 0.5) is 0 Å². The van der Waals surface area contributed by atoms with Crippen molar-refractivity contribution in [2.24, 2.45) is 0 Å². The smallest absolute Gasteiger partial charge is 0.192 e. The van der Waals surface area contributed by atoms with Crippen molar-refractivity contribution < 1.29 is 14.0 Å². The Balaban J connectivity index is 5.59. The molecule has 1 atom stereocenters. The highest BCUT2D eigenvalue weighted by molar-refractivity contribution is 6.82. The van der Waals surface area contributed by atoms with Crippen LogP contribution < -0.4 is 0 Å². The van der Waals surface area contributed by atoms with Crippen LogP contribution in [0.15, 0.2) is 0 Å². The summed E-state index contributed by atoms with van der Waals surface area (Å²) in [4.78, 5) is 21.5. The highest BCUT2D eigenvalue weighted by Crippen LogP contribution is 2.50. The molecule has 0 saturated heterocycles.